The maximum absolute atomic E-state index is 13.1. The normalized spacial score (nSPS) is 13.4. The zero-order valence-corrected chi connectivity index (χ0v) is 24.0. The first-order valence-electron chi connectivity index (χ1n) is 14.1. The van der Waals surface area contributed by atoms with E-state index in [0.717, 1.165) is 0 Å². The van der Waals surface area contributed by atoms with E-state index in [2.05, 4.69) is 0 Å². The van der Waals surface area contributed by atoms with Crippen molar-refractivity contribution in [3.05, 3.63) is 118 Å². The van der Waals surface area contributed by atoms with Crippen LogP contribution in [0.15, 0.2) is 84.9 Å². The Balaban J connectivity index is 1.14. The van der Waals surface area contributed by atoms with Crippen LogP contribution >= 0.6 is 0 Å². The molecular weight excluding hydrogens is 560 g/mol. The number of hydrogen-bond donors (Lipinski definition) is 0. The van der Waals surface area contributed by atoms with Gasteiger partial charge in [0.25, 0.3) is 0 Å². The highest BCUT2D eigenvalue weighted by molar-refractivity contribution is 6.53. The van der Waals surface area contributed by atoms with Crippen molar-refractivity contribution in [2.75, 3.05) is 13.2 Å². The first-order chi connectivity index (χ1) is 21.1. The molecule has 0 atom stereocenters. The summed E-state index contributed by atoms with van der Waals surface area (Å²) in [5.74, 6) is -3.65. The SMILES string of the molecule is CCC(C)(COC(=O)c1ccc2c(c1)-c1ccccc1C(=O)C2=O)COC(=O)c1ccc2c(c1)-c1ccccc1C(=O)C2=O. The Morgan fingerprint density at radius 3 is 1.23 bits per heavy atom. The molecule has 4 aromatic carbocycles. The topological polar surface area (TPSA) is 121 Å². The molecule has 44 heavy (non-hydrogen) atoms. The molecule has 4 aromatic rings. The Kier molecular flexibility index (Phi) is 7.13. The van der Waals surface area contributed by atoms with Crippen molar-refractivity contribution in [1.29, 1.82) is 0 Å². The minimum absolute atomic E-state index is 0.0467. The van der Waals surface area contributed by atoms with Gasteiger partial charge in [-0.05, 0) is 65.1 Å². The van der Waals surface area contributed by atoms with E-state index in [1.54, 1.807) is 60.7 Å². The van der Waals surface area contributed by atoms with Crippen LogP contribution in [0, 0.1) is 5.41 Å². The molecule has 0 N–H and O–H groups in total. The van der Waals surface area contributed by atoms with E-state index < -0.39 is 40.5 Å². The summed E-state index contributed by atoms with van der Waals surface area (Å²) in [6, 6.07) is 22.4. The van der Waals surface area contributed by atoms with Crippen molar-refractivity contribution >= 4 is 35.1 Å². The van der Waals surface area contributed by atoms with E-state index in [0.29, 0.717) is 39.8 Å². The molecule has 0 aliphatic heterocycles. The number of benzene rings is 4. The van der Waals surface area contributed by atoms with E-state index in [4.69, 9.17) is 9.47 Å². The lowest BCUT2D eigenvalue weighted by molar-refractivity contribution is -0.000651. The minimum atomic E-state index is -0.711. The summed E-state index contributed by atoms with van der Waals surface area (Å²) in [5.41, 5.74) is 2.92. The lowest BCUT2D eigenvalue weighted by Gasteiger charge is -2.27. The molecule has 0 fully saturated rings. The highest BCUT2D eigenvalue weighted by atomic mass is 16.5. The van der Waals surface area contributed by atoms with Gasteiger partial charge in [0, 0.05) is 27.7 Å². The molecule has 0 unspecified atom stereocenters. The average molecular weight is 587 g/mol. The summed E-state index contributed by atoms with van der Waals surface area (Å²) in [5, 5.41) is 0. The maximum Gasteiger partial charge on any atom is 0.338 e. The maximum atomic E-state index is 13.1. The molecule has 0 heterocycles. The van der Waals surface area contributed by atoms with Gasteiger partial charge in [0.05, 0.1) is 11.1 Å². The van der Waals surface area contributed by atoms with E-state index in [9.17, 15) is 28.8 Å². The number of rotatable bonds is 7. The zero-order valence-electron chi connectivity index (χ0n) is 24.0. The van der Waals surface area contributed by atoms with Gasteiger partial charge in [-0.15, -0.1) is 0 Å². The number of carbonyl (C=O) groups excluding carboxylic acids is 6. The van der Waals surface area contributed by atoms with Crippen LogP contribution in [0.5, 0.6) is 0 Å². The van der Waals surface area contributed by atoms with Gasteiger partial charge in [0.2, 0.25) is 23.1 Å². The van der Waals surface area contributed by atoms with Gasteiger partial charge in [0.15, 0.2) is 0 Å². The molecule has 0 radical (unpaired) electrons. The molecule has 0 saturated heterocycles. The summed E-state index contributed by atoms with van der Waals surface area (Å²) in [6.07, 6.45) is 0.524. The summed E-state index contributed by atoms with van der Waals surface area (Å²) >= 11 is 0. The molecule has 0 saturated carbocycles. The molecule has 6 rings (SSSR count). The third-order valence-electron chi connectivity index (χ3n) is 8.29. The first kappa shape index (κ1) is 28.6. The highest BCUT2D eigenvalue weighted by Gasteiger charge is 2.33. The Labute approximate surface area is 252 Å². The molecule has 0 amide bonds. The molecule has 2 aliphatic carbocycles. The fourth-order valence-electron chi connectivity index (χ4n) is 5.40. The summed E-state index contributed by atoms with van der Waals surface area (Å²) in [6.45, 7) is 3.62. The van der Waals surface area contributed by atoms with Crippen LogP contribution < -0.4 is 0 Å². The van der Waals surface area contributed by atoms with Gasteiger partial charge in [-0.25, -0.2) is 9.59 Å². The van der Waals surface area contributed by atoms with Crippen LogP contribution in [0.25, 0.3) is 22.3 Å². The third kappa shape index (κ3) is 4.84. The highest BCUT2D eigenvalue weighted by Crippen LogP contribution is 2.36. The van der Waals surface area contributed by atoms with E-state index >= 15 is 0 Å². The van der Waals surface area contributed by atoms with Gasteiger partial charge >= 0.3 is 11.9 Å². The monoisotopic (exact) mass is 586 g/mol. The van der Waals surface area contributed by atoms with Crippen LogP contribution in [0.3, 0.4) is 0 Å². The number of hydrogen-bond acceptors (Lipinski definition) is 8. The van der Waals surface area contributed by atoms with Gasteiger partial charge in [-0.1, -0.05) is 62.4 Å². The van der Waals surface area contributed by atoms with Crippen molar-refractivity contribution < 1.29 is 38.2 Å². The second-order valence-electron chi connectivity index (χ2n) is 11.2. The number of carbonyl (C=O) groups is 6. The number of fused-ring (bicyclic) bond motifs is 6. The van der Waals surface area contributed by atoms with Crippen molar-refractivity contribution in [3.63, 3.8) is 0 Å². The number of ketones is 4. The fraction of sp³-hybridized carbons (Fsp3) is 0.167. The number of ether oxygens (including phenoxy) is 2. The Morgan fingerprint density at radius 1 is 0.523 bits per heavy atom. The van der Waals surface area contributed by atoms with Crippen molar-refractivity contribution in [3.8, 4) is 22.3 Å². The standard InChI is InChI=1S/C36H26O8/c1-3-36(2,18-43-34(41)20-12-14-26-28(16-20)22-8-4-6-10-24(22)30(37)32(26)39)19-44-35(42)21-13-15-27-29(17-21)23-9-5-7-11-25(23)31(38)33(27)40/h4-17H,3,18-19H2,1-2H3. The van der Waals surface area contributed by atoms with Crippen molar-refractivity contribution in [1.82, 2.24) is 0 Å². The molecule has 8 nitrogen and oxygen atoms in total. The predicted octanol–water partition coefficient (Wildman–Crippen LogP) is 6.21. The first-order valence-corrected chi connectivity index (χ1v) is 14.1. The molecule has 0 spiro atoms. The average Bonchev–Trinajstić information content (AvgIpc) is 3.07. The Hall–Kier alpha value is -5.50. The van der Waals surface area contributed by atoms with E-state index in [1.165, 1.54) is 24.3 Å². The fourth-order valence-corrected chi connectivity index (χ4v) is 5.40. The molecular formula is C36H26O8. The second-order valence-corrected chi connectivity index (χ2v) is 11.2. The summed E-state index contributed by atoms with van der Waals surface area (Å²) in [4.78, 5) is 76.3. The number of esters is 2. The van der Waals surface area contributed by atoms with Crippen LogP contribution in [-0.2, 0) is 9.47 Å². The largest absolute Gasteiger partial charge is 0.461 e. The van der Waals surface area contributed by atoms with E-state index in [1.807, 2.05) is 13.8 Å². The van der Waals surface area contributed by atoms with Gasteiger partial charge in [-0.3, -0.25) is 19.2 Å². The van der Waals surface area contributed by atoms with Crippen LogP contribution in [0.1, 0.15) is 82.4 Å². The molecule has 0 bridgehead atoms. The van der Waals surface area contributed by atoms with Crippen LogP contribution in [-0.4, -0.2) is 48.3 Å². The molecule has 0 aromatic heterocycles. The molecule has 2 aliphatic rings. The van der Waals surface area contributed by atoms with Crippen LogP contribution in [0.4, 0.5) is 0 Å². The van der Waals surface area contributed by atoms with Gasteiger partial charge < -0.3 is 9.47 Å². The van der Waals surface area contributed by atoms with Crippen molar-refractivity contribution in [2.24, 2.45) is 5.41 Å². The summed E-state index contributed by atoms with van der Waals surface area (Å²) in [7, 11) is 0. The van der Waals surface area contributed by atoms with Crippen molar-refractivity contribution in [2.45, 2.75) is 20.3 Å². The summed E-state index contributed by atoms with van der Waals surface area (Å²) < 4.78 is 11.3. The quantitative estimate of drug-likeness (QED) is 0.185. The lowest BCUT2D eigenvalue weighted by atomic mass is 9.83. The second kappa shape index (κ2) is 11.0. The lowest BCUT2D eigenvalue weighted by Crippen LogP contribution is -2.31. The Bertz CT molecular complexity index is 1800. The van der Waals surface area contributed by atoms with Gasteiger partial charge in [0.1, 0.15) is 13.2 Å². The number of Topliss-reactive ketones (excluding diaryl/α,β-unsaturated/α-hetero) is 4. The molecule has 218 valence electrons. The van der Waals surface area contributed by atoms with Gasteiger partial charge in [-0.2, -0.15) is 0 Å². The Morgan fingerprint density at radius 2 is 0.864 bits per heavy atom. The minimum Gasteiger partial charge on any atom is -0.461 e. The van der Waals surface area contributed by atoms with Crippen LogP contribution in [0.2, 0.25) is 0 Å². The smallest absolute Gasteiger partial charge is 0.338 e. The third-order valence-corrected chi connectivity index (χ3v) is 8.29. The molecule has 8 heteroatoms. The zero-order chi connectivity index (χ0) is 31.2. The predicted molar refractivity (Wildman–Crippen MR) is 160 cm³/mol. The van der Waals surface area contributed by atoms with E-state index in [-0.39, 0.29) is 35.5 Å².